The molecule has 3 heteroatoms. The predicted molar refractivity (Wildman–Crippen MR) is 68.9 cm³/mol. The average Bonchev–Trinajstić information content (AvgIpc) is 2.85. The van der Waals surface area contributed by atoms with Gasteiger partial charge in [-0.3, -0.25) is 0 Å². The summed E-state index contributed by atoms with van der Waals surface area (Å²) in [4.78, 5) is 0. The molecule has 0 amide bonds. The van der Waals surface area contributed by atoms with E-state index in [1.807, 2.05) is 13.0 Å². The van der Waals surface area contributed by atoms with Gasteiger partial charge in [-0.15, -0.1) is 0 Å². The number of benzene rings is 1. The topological polar surface area (TPSA) is 33.4 Å². The predicted octanol–water partition coefficient (Wildman–Crippen LogP) is 3.53. The van der Waals surface area contributed by atoms with Crippen LogP contribution in [0.3, 0.4) is 0 Å². The van der Waals surface area contributed by atoms with Gasteiger partial charge >= 0.3 is 0 Å². The van der Waals surface area contributed by atoms with Gasteiger partial charge in [-0.25, -0.2) is 0 Å². The molecule has 1 aliphatic carbocycles. The largest absolute Gasteiger partial charge is 0.465 e. The van der Waals surface area contributed by atoms with Crippen molar-refractivity contribution in [2.75, 3.05) is 0 Å². The van der Waals surface area contributed by atoms with Crippen LogP contribution in [0.2, 0.25) is 0 Å². The number of aryl methyl sites for hydroxylation is 2. The van der Waals surface area contributed by atoms with Crippen LogP contribution in [0.4, 0.5) is 0 Å². The lowest BCUT2D eigenvalue weighted by Crippen LogP contribution is -2.23. The molecule has 0 aliphatic heterocycles. The second-order valence-electron chi connectivity index (χ2n) is 4.62. The first-order valence-corrected chi connectivity index (χ1v) is 6.46. The third-order valence-corrected chi connectivity index (χ3v) is 4.08. The number of hydrogen-bond acceptors (Lipinski definition) is 2. The van der Waals surface area contributed by atoms with Crippen molar-refractivity contribution in [1.29, 1.82) is 0 Å². The summed E-state index contributed by atoms with van der Waals surface area (Å²) in [7, 11) is 0. The minimum Gasteiger partial charge on any atom is -0.465 e. The van der Waals surface area contributed by atoms with Crippen molar-refractivity contribution in [3.63, 3.8) is 0 Å². The summed E-state index contributed by atoms with van der Waals surface area (Å²) in [5.41, 5.74) is 2.37. The summed E-state index contributed by atoms with van der Waals surface area (Å²) < 4.78 is 6.28. The van der Waals surface area contributed by atoms with E-state index in [1.54, 1.807) is 6.26 Å². The van der Waals surface area contributed by atoms with Gasteiger partial charge < -0.3 is 9.52 Å². The van der Waals surface area contributed by atoms with Crippen molar-refractivity contribution in [1.82, 2.24) is 0 Å². The maximum Gasteiger partial charge on any atom is 0.154 e. The summed E-state index contributed by atoms with van der Waals surface area (Å²) in [6.45, 7) is 2.04. The van der Waals surface area contributed by atoms with Crippen molar-refractivity contribution in [3.05, 3.63) is 57.5 Å². The fourth-order valence-electron chi connectivity index (χ4n) is 2.57. The van der Waals surface area contributed by atoms with Gasteiger partial charge in [0, 0.05) is 0 Å². The van der Waals surface area contributed by atoms with Gasteiger partial charge in [0.25, 0.3) is 0 Å². The average molecular weight is 293 g/mol. The van der Waals surface area contributed by atoms with E-state index in [2.05, 4.69) is 34.1 Å². The van der Waals surface area contributed by atoms with Crippen LogP contribution in [-0.4, -0.2) is 5.11 Å². The Morgan fingerprint density at radius 3 is 2.88 bits per heavy atom. The van der Waals surface area contributed by atoms with E-state index in [-0.39, 0.29) is 0 Å². The van der Waals surface area contributed by atoms with Crippen molar-refractivity contribution < 1.29 is 9.52 Å². The number of furan rings is 1. The Bertz CT molecular complexity index is 573. The van der Waals surface area contributed by atoms with Gasteiger partial charge in [-0.2, -0.15) is 0 Å². The Morgan fingerprint density at radius 1 is 1.35 bits per heavy atom. The molecule has 0 bridgehead atoms. The first kappa shape index (κ1) is 11.1. The molecule has 1 unspecified atom stereocenters. The third-order valence-electron chi connectivity index (χ3n) is 3.46. The molecule has 1 heterocycles. The van der Waals surface area contributed by atoms with E-state index in [4.69, 9.17) is 4.42 Å². The van der Waals surface area contributed by atoms with E-state index in [0.717, 1.165) is 22.0 Å². The molecule has 0 saturated carbocycles. The highest BCUT2D eigenvalue weighted by atomic mass is 79.9. The molecule has 1 aliphatic rings. The molecule has 0 spiro atoms. The highest BCUT2D eigenvalue weighted by Crippen LogP contribution is 2.44. The van der Waals surface area contributed by atoms with Crippen LogP contribution in [0.1, 0.15) is 28.9 Å². The van der Waals surface area contributed by atoms with Crippen molar-refractivity contribution in [2.45, 2.75) is 25.4 Å². The summed E-state index contributed by atoms with van der Waals surface area (Å²) in [5.74, 6) is 0.613. The number of rotatable bonds is 1. The molecule has 17 heavy (non-hydrogen) atoms. The SMILES string of the molecule is Cc1ccc2c(c1)C(O)(c1occc1Br)CC2. The molecule has 1 aromatic carbocycles. The number of aliphatic hydroxyl groups is 1. The van der Waals surface area contributed by atoms with E-state index in [9.17, 15) is 5.11 Å². The van der Waals surface area contributed by atoms with E-state index in [1.165, 1.54) is 5.56 Å². The molecule has 0 fully saturated rings. The zero-order chi connectivity index (χ0) is 12.0. The molecule has 1 atom stereocenters. The van der Waals surface area contributed by atoms with E-state index in [0.29, 0.717) is 12.2 Å². The molecule has 2 aromatic rings. The smallest absolute Gasteiger partial charge is 0.154 e. The standard InChI is InChI=1S/C14H13BrO2/c1-9-2-3-10-4-6-14(16,11(10)8-9)13-12(15)5-7-17-13/h2-3,5,7-8,16H,4,6H2,1H3. The highest BCUT2D eigenvalue weighted by molar-refractivity contribution is 9.10. The second-order valence-corrected chi connectivity index (χ2v) is 5.47. The number of fused-ring (bicyclic) bond motifs is 1. The molecule has 1 N–H and O–H groups in total. The van der Waals surface area contributed by atoms with Crippen LogP contribution in [0.5, 0.6) is 0 Å². The van der Waals surface area contributed by atoms with Gasteiger partial charge in [0.1, 0.15) is 5.60 Å². The minimum absolute atomic E-state index is 0.613. The lowest BCUT2D eigenvalue weighted by molar-refractivity contribution is 0.0578. The number of halogens is 1. The van der Waals surface area contributed by atoms with E-state index < -0.39 is 5.60 Å². The molecule has 3 rings (SSSR count). The third kappa shape index (κ3) is 1.57. The van der Waals surface area contributed by atoms with Crippen molar-refractivity contribution in [3.8, 4) is 0 Å². The summed E-state index contributed by atoms with van der Waals surface area (Å²) in [5, 5.41) is 10.9. The van der Waals surface area contributed by atoms with Gasteiger partial charge in [0.05, 0.1) is 10.7 Å². The first-order valence-electron chi connectivity index (χ1n) is 5.67. The maximum atomic E-state index is 10.9. The van der Waals surface area contributed by atoms with Crippen LogP contribution >= 0.6 is 15.9 Å². The van der Waals surface area contributed by atoms with Crippen LogP contribution < -0.4 is 0 Å². The van der Waals surface area contributed by atoms with Crippen LogP contribution in [-0.2, 0) is 12.0 Å². The molecular formula is C14H13BrO2. The number of hydrogen-bond donors (Lipinski definition) is 1. The summed E-state index contributed by atoms with van der Waals surface area (Å²) >= 11 is 3.43. The Morgan fingerprint density at radius 2 is 2.18 bits per heavy atom. The molecule has 1 aromatic heterocycles. The quantitative estimate of drug-likeness (QED) is 0.872. The highest BCUT2D eigenvalue weighted by Gasteiger charge is 2.42. The maximum absolute atomic E-state index is 10.9. The lowest BCUT2D eigenvalue weighted by Gasteiger charge is -2.22. The Kier molecular flexibility index (Phi) is 2.42. The molecule has 88 valence electrons. The fraction of sp³-hybridized carbons (Fsp3) is 0.286. The van der Waals surface area contributed by atoms with Crippen LogP contribution in [0, 0.1) is 6.92 Å². The van der Waals surface area contributed by atoms with Crippen molar-refractivity contribution >= 4 is 15.9 Å². The summed E-state index contributed by atoms with van der Waals surface area (Å²) in [6.07, 6.45) is 3.17. The molecule has 0 saturated heterocycles. The zero-order valence-electron chi connectivity index (χ0n) is 9.53. The zero-order valence-corrected chi connectivity index (χ0v) is 11.1. The Hall–Kier alpha value is -1.06. The summed E-state index contributed by atoms with van der Waals surface area (Å²) in [6, 6.07) is 8.06. The Balaban J connectivity index is 2.20. The minimum atomic E-state index is -0.982. The van der Waals surface area contributed by atoms with Gasteiger partial charge in [0.15, 0.2) is 5.76 Å². The van der Waals surface area contributed by atoms with Gasteiger partial charge in [-0.05, 0) is 52.9 Å². The normalized spacial score (nSPS) is 22.8. The molecule has 0 radical (unpaired) electrons. The lowest BCUT2D eigenvalue weighted by atomic mass is 9.92. The fourth-order valence-corrected chi connectivity index (χ4v) is 3.10. The van der Waals surface area contributed by atoms with Gasteiger partial charge in [-0.1, -0.05) is 23.8 Å². The van der Waals surface area contributed by atoms with Crippen molar-refractivity contribution in [2.24, 2.45) is 0 Å². The van der Waals surface area contributed by atoms with Crippen LogP contribution in [0.25, 0.3) is 0 Å². The first-order chi connectivity index (χ1) is 8.11. The Labute approximate surface area is 108 Å². The van der Waals surface area contributed by atoms with Crippen LogP contribution in [0.15, 0.2) is 39.4 Å². The molecule has 2 nitrogen and oxygen atoms in total. The second kappa shape index (κ2) is 3.72. The monoisotopic (exact) mass is 292 g/mol. The molecular weight excluding hydrogens is 280 g/mol. The van der Waals surface area contributed by atoms with E-state index >= 15 is 0 Å². The van der Waals surface area contributed by atoms with Gasteiger partial charge in [0.2, 0.25) is 0 Å².